The van der Waals surface area contributed by atoms with Crippen molar-refractivity contribution in [1.29, 1.82) is 0 Å². The highest BCUT2D eigenvalue weighted by Gasteiger charge is 2.16. The zero-order chi connectivity index (χ0) is 13.8. The summed E-state index contributed by atoms with van der Waals surface area (Å²) in [4.78, 5) is 11.9. The zero-order valence-corrected chi connectivity index (χ0v) is 13.3. The first kappa shape index (κ1) is 16.2. The number of halogens is 1. The molecule has 0 bridgehead atoms. The van der Waals surface area contributed by atoms with Crippen molar-refractivity contribution in [3.05, 3.63) is 35.2 Å². The topological polar surface area (TPSA) is 50.4 Å². The maximum atomic E-state index is 11.9. The van der Waals surface area contributed by atoms with Crippen LogP contribution in [0.5, 0.6) is 0 Å². The third kappa shape index (κ3) is 4.17. The number of nitrogens with one attached hydrogen (secondary N) is 2. The van der Waals surface area contributed by atoms with Gasteiger partial charge in [-0.15, -0.1) is 23.7 Å². The first-order valence-electron chi connectivity index (χ1n) is 6.86. The SMILES string of the molecule is Cl.O=C(CC1COCCN1)NCc1csc2ccccc12. The van der Waals surface area contributed by atoms with Crippen LogP contribution in [0.15, 0.2) is 29.6 Å². The van der Waals surface area contributed by atoms with Crippen LogP contribution in [0.4, 0.5) is 0 Å². The second-order valence-electron chi connectivity index (χ2n) is 4.96. The zero-order valence-electron chi connectivity index (χ0n) is 11.6. The average Bonchev–Trinajstić information content (AvgIpc) is 2.89. The molecule has 0 radical (unpaired) electrons. The van der Waals surface area contributed by atoms with Crippen molar-refractivity contribution < 1.29 is 9.53 Å². The molecule has 4 nitrogen and oxygen atoms in total. The van der Waals surface area contributed by atoms with Crippen molar-refractivity contribution in [2.24, 2.45) is 0 Å². The molecule has 2 heterocycles. The molecule has 114 valence electrons. The van der Waals surface area contributed by atoms with E-state index in [4.69, 9.17) is 4.74 Å². The normalized spacial score (nSPS) is 18.2. The number of morpholine rings is 1. The van der Waals surface area contributed by atoms with Crippen molar-refractivity contribution >= 4 is 39.7 Å². The number of hydrogen-bond donors (Lipinski definition) is 2. The number of thiophene rings is 1. The Kier molecular flexibility index (Phi) is 5.99. The molecular formula is C15H19ClN2O2S. The molecule has 0 saturated carbocycles. The van der Waals surface area contributed by atoms with E-state index in [0.29, 0.717) is 19.6 Å². The predicted octanol–water partition coefficient (Wildman–Crippen LogP) is 2.32. The van der Waals surface area contributed by atoms with Crippen molar-refractivity contribution in [2.45, 2.75) is 19.0 Å². The number of carbonyl (C=O) groups is 1. The lowest BCUT2D eigenvalue weighted by molar-refractivity contribution is -0.122. The summed E-state index contributed by atoms with van der Waals surface area (Å²) >= 11 is 1.72. The van der Waals surface area contributed by atoms with E-state index < -0.39 is 0 Å². The molecule has 1 unspecified atom stereocenters. The van der Waals surface area contributed by atoms with Gasteiger partial charge in [-0.05, 0) is 22.4 Å². The smallest absolute Gasteiger partial charge is 0.221 e. The van der Waals surface area contributed by atoms with E-state index in [2.05, 4.69) is 28.1 Å². The molecule has 2 aromatic rings. The molecule has 0 spiro atoms. The summed E-state index contributed by atoms with van der Waals surface area (Å²) in [6.07, 6.45) is 0.474. The third-order valence-corrected chi connectivity index (χ3v) is 4.48. The monoisotopic (exact) mass is 326 g/mol. The standard InChI is InChI=1S/C15H18N2O2S.ClH/c18-15(7-12-9-19-6-5-16-12)17-8-11-10-20-14-4-2-1-3-13(11)14;/h1-4,10,12,16H,5-9H2,(H,17,18);1H. The van der Waals surface area contributed by atoms with E-state index in [1.54, 1.807) is 11.3 Å². The van der Waals surface area contributed by atoms with Gasteiger partial charge in [-0.1, -0.05) is 18.2 Å². The Morgan fingerprint density at radius 1 is 1.43 bits per heavy atom. The van der Waals surface area contributed by atoms with Crippen LogP contribution in [0.3, 0.4) is 0 Å². The molecule has 1 amide bonds. The number of hydrogen-bond acceptors (Lipinski definition) is 4. The molecule has 1 aliphatic heterocycles. The van der Waals surface area contributed by atoms with E-state index in [1.165, 1.54) is 15.6 Å². The fourth-order valence-corrected chi connectivity index (χ4v) is 3.37. The minimum Gasteiger partial charge on any atom is -0.378 e. The van der Waals surface area contributed by atoms with E-state index in [1.807, 2.05) is 12.1 Å². The molecule has 1 aromatic carbocycles. The molecular weight excluding hydrogens is 308 g/mol. The molecule has 0 aliphatic carbocycles. The molecule has 1 aliphatic rings. The second kappa shape index (κ2) is 7.75. The molecule has 1 atom stereocenters. The Hall–Kier alpha value is -1.14. The fraction of sp³-hybridized carbons (Fsp3) is 0.400. The lowest BCUT2D eigenvalue weighted by atomic mass is 10.1. The molecule has 2 N–H and O–H groups in total. The lowest BCUT2D eigenvalue weighted by Gasteiger charge is -2.23. The van der Waals surface area contributed by atoms with Crippen LogP contribution in [-0.2, 0) is 16.1 Å². The van der Waals surface area contributed by atoms with Crippen LogP contribution < -0.4 is 10.6 Å². The molecule has 21 heavy (non-hydrogen) atoms. The largest absolute Gasteiger partial charge is 0.378 e. The predicted molar refractivity (Wildman–Crippen MR) is 88.1 cm³/mol. The van der Waals surface area contributed by atoms with Crippen LogP contribution in [-0.4, -0.2) is 31.7 Å². The van der Waals surface area contributed by atoms with Gasteiger partial charge in [0, 0.05) is 30.3 Å². The summed E-state index contributed by atoms with van der Waals surface area (Å²) in [7, 11) is 0. The van der Waals surface area contributed by atoms with Crippen LogP contribution in [0.1, 0.15) is 12.0 Å². The van der Waals surface area contributed by atoms with E-state index in [0.717, 1.165) is 13.2 Å². The highest BCUT2D eigenvalue weighted by Crippen LogP contribution is 2.25. The van der Waals surface area contributed by atoms with Crippen LogP contribution in [0.25, 0.3) is 10.1 Å². The Morgan fingerprint density at radius 2 is 2.29 bits per heavy atom. The van der Waals surface area contributed by atoms with Crippen LogP contribution >= 0.6 is 23.7 Å². The third-order valence-electron chi connectivity index (χ3n) is 3.47. The van der Waals surface area contributed by atoms with E-state index >= 15 is 0 Å². The Balaban J connectivity index is 0.00000161. The van der Waals surface area contributed by atoms with Gasteiger partial charge >= 0.3 is 0 Å². The van der Waals surface area contributed by atoms with Gasteiger partial charge in [-0.2, -0.15) is 0 Å². The quantitative estimate of drug-likeness (QED) is 0.906. The van der Waals surface area contributed by atoms with Gasteiger partial charge in [0.05, 0.1) is 13.2 Å². The number of carbonyl (C=O) groups excluding carboxylic acids is 1. The van der Waals surface area contributed by atoms with Gasteiger partial charge < -0.3 is 15.4 Å². The molecule has 1 aromatic heterocycles. The minimum absolute atomic E-state index is 0. The Morgan fingerprint density at radius 3 is 3.10 bits per heavy atom. The molecule has 1 saturated heterocycles. The van der Waals surface area contributed by atoms with Crippen LogP contribution in [0.2, 0.25) is 0 Å². The summed E-state index contributed by atoms with van der Waals surface area (Å²) in [6, 6.07) is 8.42. The summed E-state index contributed by atoms with van der Waals surface area (Å²) < 4.78 is 6.61. The van der Waals surface area contributed by atoms with Crippen molar-refractivity contribution in [3.8, 4) is 0 Å². The summed E-state index contributed by atoms with van der Waals surface area (Å²) in [5, 5.41) is 9.64. The molecule has 1 fully saturated rings. The number of benzene rings is 1. The number of rotatable bonds is 4. The van der Waals surface area contributed by atoms with Gasteiger partial charge in [0.15, 0.2) is 0 Å². The molecule has 6 heteroatoms. The van der Waals surface area contributed by atoms with E-state index in [-0.39, 0.29) is 24.4 Å². The van der Waals surface area contributed by atoms with Crippen molar-refractivity contribution in [1.82, 2.24) is 10.6 Å². The second-order valence-corrected chi connectivity index (χ2v) is 5.88. The van der Waals surface area contributed by atoms with Crippen molar-refractivity contribution in [2.75, 3.05) is 19.8 Å². The Bertz CT molecular complexity index is 596. The fourth-order valence-electron chi connectivity index (χ4n) is 2.41. The first-order valence-corrected chi connectivity index (χ1v) is 7.74. The lowest BCUT2D eigenvalue weighted by Crippen LogP contribution is -2.44. The van der Waals surface area contributed by atoms with Gasteiger partial charge in [0.2, 0.25) is 5.91 Å². The minimum atomic E-state index is 0. The summed E-state index contributed by atoms with van der Waals surface area (Å²) in [6.45, 7) is 2.78. The first-order chi connectivity index (χ1) is 9.83. The number of amides is 1. The van der Waals surface area contributed by atoms with Crippen molar-refractivity contribution in [3.63, 3.8) is 0 Å². The average molecular weight is 327 g/mol. The molecule has 3 rings (SSSR count). The number of fused-ring (bicyclic) bond motifs is 1. The van der Waals surface area contributed by atoms with Gasteiger partial charge in [0.25, 0.3) is 0 Å². The maximum Gasteiger partial charge on any atom is 0.221 e. The summed E-state index contributed by atoms with van der Waals surface area (Å²) in [5.74, 6) is 0.0725. The van der Waals surface area contributed by atoms with Gasteiger partial charge in [-0.3, -0.25) is 4.79 Å². The van der Waals surface area contributed by atoms with Gasteiger partial charge in [0.1, 0.15) is 0 Å². The summed E-state index contributed by atoms with van der Waals surface area (Å²) in [5.41, 5.74) is 1.19. The van der Waals surface area contributed by atoms with Crippen LogP contribution in [0, 0.1) is 0 Å². The van der Waals surface area contributed by atoms with E-state index in [9.17, 15) is 4.79 Å². The number of ether oxygens (including phenoxy) is 1. The highest BCUT2D eigenvalue weighted by molar-refractivity contribution is 7.17. The Labute approximate surface area is 134 Å². The van der Waals surface area contributed by atoms with Gasteiger partial charge in [-0.25, -0.2) is 0 Å². The maximum absolute atomic E-state index is 11.9. The highest BCUT2D eigenvalue weighted by atomic mass is 35.5.